The maximum atomic E-state index is 15.3. The van der Waals surface area contributed by atoms with Gasteiger partial charge in [0.05, 0.1) is 27.6 Å². The quantitative estimate of drug-likeness (QED) is 0.0801. The Morgan fingerprint density at radius 1 is 0.985 bits per heavy atom. The predicted octanol–water partition coefficient (Wildman–Crippen LogP) is 9.02. The zero-order valence-corrected chi connectivity index (χ0v) is 39.1. The van der Waals surface area contributed by atoms with Crippen molar-refractivity contribution in [2.45, 2.75) is 81.4 Å². The number of piperazine rings is 1. The molecule has 2 atom stereocenters. The molecule has 18 heteroatoms. The van der Waals surface area contributed by atoms with Gasteiger partial charge in [-0.2, -0.15) is 4.98 Å². The number of halogens is 2. The van der Waals surface area contributed by atoms with E-state index in [1.165, 1.54) is 22.8 Å². The monoisotopic (exact) mass is 952 g/mol. The molecule has 1 aliphatic carbocycles. The minimum absolute atomic E-state index is 0.0415. The standard InChI is InChI=1S/C49H54ClFN8O7S/c1-48(2)15-13-33(40(26-48)31-3-5-34(50)6-4-31)27-56-28-37-8-7-36(56)29-58(37)35-9-11-39(42(24-35)57-19-22-66-47-44(57)23-32-14-18-52-45(32)54-47)46(60)55-67(63,64)38-10-12-41(43(25-38)59(61)62)53-30-49(51)16-20-65-21-17-49/h3-6,9-12,14,18,23-25,36-37,53H,7-8,13,15-17,19-22,26-30H2,1-2H3,(H,52,54)(H,55,60). The summed E-state index contributed by atoms with van der Waals surface area (Å²) in [6, 6.07) is 21.3. The topological polar surface area (TPSA) is 175 Å². The molecule has 0 radical (unpaired) electrons. The lowest BCUT2D eigenvalue weighted by Gasteiger charge is -2.53. The number of carbonyl (C=O) groups excluding carboxylic acids is 1. The van der Waals surface area contributed by atoms with Crippen LogP contribution in [0, 0.1) is 15.5 Å². The second-order valence-electron chi connectivity index (χ2n) is 19.3. The minimum atomic E-state index is -4.65. The number of aromatic amines is 1. The maximum Gasteiger partial charge on any atom is 0.293 e. The van der Waals surface area contributed by atoms with Crippen molar-refractivity contribution in [3.8, 4) is 5.88 Å². The van der Waals surface area contributed by atoms with E-state index >= 15 is 4.39 Å². The lowest BCUT2D eigenvalue weighted by Crippen LogP contribution is -2.63. The number of ether oxygens (including phenoxy) is 2. The smallest absolute Gasteiger partial charge is 0.293 e. The van der Waals surface area contributed by atoms with E-state index in [9.17, 15) is 23.3 Å². The van der Waals surface area contributed by atoms with Crippen LogP contribution in [0.1, 0.15) is 74.7 Å². The number of nitro benzene ring substituents is 1. The average Bonchev–Trinajstić information content (AvgIpc) is 3.78. The molecular weight excluding hydrogens is 899 g/mol. The van der Waals surface area contributed by atoms with Crippen LogP contribution in [-0.2, 0) is 14.8 Å². The Balaban J connectivity index is 0.940. The second-order valence-corrected chi connectivity index (χ2v) is 21.4. The van der Waals surface area contributed by atoms with E-state index < -0.39 is 37.1 Å². The molecule has 0 spiro atoms. The fourth-order valence-corrected chi connectivity index (χ4v) is 11.6. The highest BCUT2D eigenvalue weighted by molar-refractivity contribution is 7.90. The normalized spacial score (nSPS) is 21.5. The molecule has 11 rings (SSSR count). The van der Waals surface area contributed by atoms with Gasteiger partial charge in [-0.1, -0.05) is 43.2 Å². The Morgan fingerprint density at radius 3 is 2.54 bits per heavy atom. The highest BCUT2D eigenvalue weighted by atomic mass is 35.5. The van der Waals surface area contributed by atoms with Crippen LogP contribution in [-0.4, -0.2) is 104 Å². The molecule has 0 saturated carbocycles. The van der Waals surface area contributed by atoms with Gasteiger partial charge in [0.25, 0.3) is 21.6 Å². The van der Waals surface area contributed by atoms with Crippen molar-refractivity contribution in [3.05, 3.63) is 111 Å². The van der Waals surface area contributed by atoms with E-state index in [4.69, 9.17) is 26.1 Å². The SMILES string of the molecule is CC1(C)CCC(CN2CC3CCC2CN3c2ccc(C(=O)NS(=O)(=O)c3ccc(NCC4(F)CCOCC4)c([N+](=O)[O-])c3)c(N3CCOc4nc5[nH]ccc5cc43)c2)=C(c2ccc(Cl)cc2)C1. The fraction of sp³-hybridized carbons (Fsp3) is 0.429. The highest BCUT2D eigenvalue weighted by Gasteiger charge is 2.41. The maximum absolute atomic E-state index is 15.3. The van der Waals surface area contributed by atoms with Crippen LogP contribution in [0.4, 0.5) is 32.8 Å². The van der Waals surface area contributed by atoms with Crippen molar-refractivity contribution in [2.75, 3.05) is 67.7 Å². The van der Waals surface area contributed by atoms with Crippen molar-refractivity contribution in [3.63, 3.8) is 0 Å². The first kappa shape index (κ1) is 45.1. The molecule has 4 fully saturated rings. The number of carbonyl (C=O) groups is 1. The second kappa shape index (κ2) is 17.7. The Morgan fingerprint density at radius 2 is 1.78 bits per heavy atom. The fourth-order valence-electron chi connectivity index (χ4n) is 10.5. The van der Waals surface area contributed by atoms with Crippen molar-refractivity contribution in [2.24, 2.45) is 5.41 Å². The lowest BCUT2D eigenvalue weighted by molar-refractivity contribution is -0.384. The molecule has 5 aliphatic heterocycles. The third-order valence-electron chi connectivity index (χ3n) is 14.3. The van der Waals surface area contributed by atoms with Gasteiger partial charge in [-0.05, 0) is 103 Å². The molecule has 5 aromatic rings. The van der Waals surface area contributed by atoms with Gasteiger partial charge in [-0.25, -0.2) is 17.5 Å². The van der Waals surface area contributed by atoms with Crippen LogP contribution in [0.5, 0.6) is 5.88 Å². The summed E-state index contributed by atoms with van der Waals surface area (Å²) in [7, 11) is -4.65. The Kier molecular flexibility index (Phi) is 11.9. The van der Waals surface area contributed by atoms with Crippen LogP contribution >= 0.6 is 11.6 Å². The summed E-state index contributed by atoms with van der Waals surface area (Å²) in [6.07, 6.45) is 7.31. The molecule has 6 aliphatic rings. The summed E-state index contributed by atoms with van der Waals surface area (Å²) in [5, 5.41) is 16.6. The van der Waals surface area contributed by atoms with Gasteiger partial charge in [-0.15, -0.1) is 0 Å². The molecule has 2 aromatic heterocycles. The minimum Gasteiger partial charge on any atom is -0.474 e. The van der Waals surface area contributed by atoms with E-state index in [1.54, 1.807) is 12.3 Å². The number of pyridine rings is 1. The van der Waals surface area contributed by atoms with E-state index in [1.807, 2.05) is 41.3 Å². The number of rotatable bonds is 12. The number of hydrogen-bond acceptors (Lipinski definition) is 12. The molecule has 4 saturated heterocycles. The van der Waals surface area contributed by atoms with Crippen LogP contribution in [0.2, 0.25) is 5.02 Å². The largest absolute Gasteiger partial charge is 0.474 e. The summed E-state index contributed by atoms with van der Waals surface area (Å²) in [5.74, 6) is -0.547. The van der Waals surface area contributed by atoms with Gasteiger partial charge in [-0.3, -0.25) is 19.8 Å². The van der Waals surface area contributed by atoms with Crippen LogP contribution in [0.25, 0.3) is 16.6 Å². The molecule has 2 bridgehead atoms. The van der Waals surface area contributed by atoms with Crippen molar-refractivity contribution >= 4 is 72.6 Å². The van der Waals surface area contributed by atoms with Gasteiger partial charge in [0.1, 0.15) is 29.3 Å². The molecular formula is C49H54ClFN8O7S. The molecule has 352 valence electrons. The molecule has 3 aromatic carbocycles. The zero-order valence-electron chi connectivity index (χ0n) is 37.5. The number of piperidine rings is 2. The summed E-state index contributed by atoms with van der Waals surface area (Å²) in [6.45, 7) is 8.11. The highest BCUT2D eigenvalue weighted by Crippen LogP contribution is 2.46. The third-order valence-corrected chi connectivity index (χ3v) is 15.9. The first-order chi connectivity index (χ1) is 32.1. The van der Waals surface area contributed by atoms with Crippen molar-refractivity contribution in [1.29, 1.82) is 0 Å². The van der Waals surface area contributed by atoms with Gasteiger partial charge >= 0.3 is 0 Å². The van der Waals surface area contributed by atoms with Gasteiger partial charge in [0.2, 0.25) is 5.88 Å². The number of allylic oxidation sites excluding steroid dienone is 1. The lowest BCUT2D eigenvalue weighted by atomic mass is 9.72. The number of benzene rings is 3. The molecule has 1 amide bonds. The summed E-state index contributed by atoms with van der Waals surface area (Å²) in [5.41, 5.74) is 4.83. The van der Waals surface area contributed by atoms with E-state index in [0.717, 1.165) is 80.0 Å². The predicted molar refractivity (Wildman–Crippen MR) is 257 cm³/mol. The zero-order chi connectivity index (χ0) is 46.7. The van der Waals surface area contributed by atoms with Gasteiger partial charge < -0.3 is 29.6 Å². The van der Waals surface area contributed by atoms with Crippen LogP contribution < -0.4 is 24.6 Å². The number of nitro groups is 1. The van der Waals surface area contributed by atoms with Crippen LogP contribution in [0.15, 0.2) is 89.5 Å². The number of nitrogens with zero attached hydrogens (tertiary/aromatic N) is 5. The number of nitrogens with one attached hydrogen (secondary N) is 3. The molecule has 7 heterocycles. The average molecular weight is 954 g/mol. The Labute approximate surface area is 393 Å². The van der Waals surface area contributed by atoms with E-state index in [2.05, 4.69) is 50.8 Å². The molecule has 3 N–H and O–H groups in total. The molecule has 2 unspecified atom stereocenters. The number of hydrogen-bond donors (Lipinski definition) is 3. The first-order valence-corrected chi connectivity index (χ1v) is 24.8. The number of H-pyrrole nitrogens is 1. The molecule has 15 nitrogen and oxygen atoms in total. The first-order valence-electron chi connectivity index (χ1n) is 23.0. The van der Waals surface area contributed by atoms with Crippen LogP contribution in [0.3, 0.4) is 0 Å². The van der Waals surface area contributed by atoms with E-state index in [0.29, 0.717) is 35.5 Å². The van der Waals surface area contributed by atoms with Gasteiger partial charge in [0.15, 0.2) is 0 Å². The van der Waals surface area contributed by atoms with Crippen molar-refractivity contribution in [1.82, 2.24) is 19.6 Å². The number of sulfonamides is 1. The Hall–Kier alpha value is -5.75. The number of aromatic nitrogens is 2. The number of amides is 1. The van der Waals surface area contributed by atoms with E-state index in [-0.39, 0.29) is 61.9 Å². The van der Waals surface area contributed by atoms with Gasteiger partial charge in [0, 0.05) is 92.7 Å². The summed E-state index contributed by atoms with van der Waals surface area (Å²) < 4.78 is 56.7. The summed E-state index contributed by atoms with van der Waals surface area (Å²) in [4.78, 5) is 40.2. The number of fused-ring (bicyclic) bond motifs is 5. The number of alkyl halides is 1. The van der Waals surface area contributed by atoms with Crippen molar-refractivity contribution < 1.29 is 32.0 Å². The third kappa shape index (κ3) is 9.18. The number of anilines is 4. The molecule has 67 heavy (non-hydrogen) atoms. The summed E-state index contributed by atoms with van der Waals surface area (Å²) >= 11 is 6.30. The Bertz CT molecular complexity index is 2890.